The van der Waals surface area contributed by atoms with Crippen LogP contribution in [0.2, 0.25) is 15.1 Å². The number of aromatic carboxylic acids is 1. The molecule has 0 amide bonds. The van der Waals surface area contributed by atoms with Crippen LogP contribution in [0.5, 0.6) is 0 Å². The molecule has 19 heavy (non-hydrogen) atoms. The second-order valence-electron chi connectivity index (χ2n) is 3.71. The van der Waals surface area contributed by atoms with Crippen molar-refractivity contribution in [3.63, 3.8) is 0 Å². The SMILES string of the molecule is O=C(O)c1cc(F)c(-c2c(Cl)cccc2Cl)cc1Cl. The Morgan fingerprint density at radius 2 is 1.63 bits per heavy atom. The molecule has 1 N–H and O–H groups in total. The molecule has 0 aromatic heterocycles. The fraction of sp³-hybridized carbons (Fsp3) is 0. The van der Waals surface area contributed by atoms with Gasteiger partial charge in [-0.1, -0.05) is 40.9 Å². The van der Waals surface area contributed by atoms with Gasteiger partial charge in [-0.2, -0.15) is 0 Å². The molecule has 0 saturated carbocycles. The van der Waals surface area contributed by atoms with Crippen molar-refractivity contribution >= 4 is 40.8 Å². The highest BCUT2D eigenvalue weighted by Gasteiger charge is 2.18. The third-order valence-corrected chi connectivity index (χ3v) is 3.46. The van der Waals surface area contributed by atoms with Crippen molar-refractivity contribution in [2.24, 2.45) is 0 Å². The molecule has 6 heteroatoms. The standard InChI is InChI=1S/C13H6Cl3FO2/c14-8-2-1-3-9(15)12(8)7-4-10(16)6(13(18)19)5-11(7)17/h1-5H,(H,18,19). The van der Waals surface area contributed by atoms with Crippen LogP contribution < -0.4 is 0 Å². The molecule has 0 aliphatic rings. The first-order chi connectivity index (χ1) is 8.91. The zero-order valence-corrected chi connectivity index (χ0v) is 11.5. The van der Waals surface area contributed by atoms with Gasteiger partial charge < -0.3 is 5.11 Å². The van der Waals surface area contributed by atoms with Gasteiger partial charge in [0, 0.05) is 21.2 Å². The van der Waals surface area contributed by atoms with Gasteiger partial charge in [0.2, 0.25) is 0 Å². The number of carboxylic acids is 1. The third kappa shape index (κ3) is 2.68. The molecule has 0 aliphatic carbocycles. The Morgan fingerprint density at radius 1 is 1.05 bits per heavy atom. The number of hydrogen-bond donors (Lipinski definition) is 1. The maximum Gasteiger partial charge on any atom is 0.337 e. The molecule has 0 saturated heterocycles. The Bertz CT molecular complexity index is 651. The van der Waals surface area contributed by atoms with Gasteiger partial charge in [0.1, 0.15) is 5.82 Å². The van der Waals surface area contributed by atoms with Gasteiger partial charge in [-0.25, -0.2) is 9.18 Å². The van der Waals surface area contributed by atoms with Crippen LogP contribution in [0, 0.1) is 5.82 Å². The predicted octanol–water partition coefficient (Wildman–Crippen LogP) is 5.15. The van der Waals surface area contributed by atoms with Crippen LogP contribution in [0.1, 0.15) is 10.4 Å². The second kappa shape index (κ2) is 5.37. The van der Waals surface area contributed by atoms with Gasteiger partial charge in [0.05, 0.1) is 10.6 Å². The highest BCUT2D eigenvalue weighted by atomic mass is 35.5. The molecule has 0 fully saturated rings. The van der Waals surface area contributed by atoms with Crippen LogP contribution in [0.25, 0.3) is 11.1 Å². The zero-order valence-electron chi connectivity index (χ0n) is 9.25. The van der Waals surface area contributed by atoms with E-state index in [-0.39, 0.29) is 31.8 Å². The Labute approximate surface area is 123 Å². The fourth-order valence-electron chi connectivity index (χ4n) is 1.66. The first-order valence-corrected chi connectivity index (χ1v) is 6.22. The van der Waals surface area contributed by atoms with Gasteiger partial charge >= 0.3 is 5.97 Å². The van der Waals surface area contributed by atoms with E-state index in [1.165, 1.54) is 6.07 Å². The molecule has 0 bridgehead atoms. The van der Waals surface area contributed by atoms with Crippen LogP contribution in [-0.4, -0.2) is 11.1 Å². The highest BCUT2D eigenvalue weighted by molar-refractivity contribution is 6.39. The van der Waals surface area contributed by atoms with Gasteiger partial charge in [-0.15, -0.1) is 0 Å². The van der Waals surface area contributed by atoms with Crippen LogP contribution in [-0.2, 0) is 0 Å². The zero-order chi connectivity index (χ0) is 14.2. The average molecular weight is 320 g/mol. The summed E-state index contributed by atoms with van der Waals surface area (Å²) >= 11 is 17.8. The van der Waals surface area contributed by atoms with Crippen LogP contribution >= 0.6 is 34.8 Å². The summed E-state index contributed by atoms with van der Waals surface area (Å²) in [5.74, 6) is -2.06. The molecule has 2 nitrogen and oxygen atoms in total. The van der Waals surface area contributed by atoms with Crippen molar-refractivity contribution in [2.75, 3.05) is 0 Å². The van der Waals surface area contributed by atoms with Crippen LogP contribution in [0.3, 0.4) is 0 Å². The maximum absolute atomic E-state index is 14.0. The van der Waals surface area contributed by atoms with Gasteiger partial charge in [0.15, 0.2) is 0 Å². The fourth-order valence-corrected chi connectivity index (χ4v) is 2.50. The summed E-state index contributed by atoms with van der Waals surface area (Å²) in [5.41, 5.74) is 0.0267. The van der Waals surface area contributed by atoms with E-state index in [1.54, 1.807) is 18.2 Å². The molecule has 0 heterocycles. The molecule has 0 aliphatic heterocycles. The topological polar surface area (TPSA) is 37.3 Å². The molecular formula is C13H6Cl3FO2. The number of benzene rings is 2. The molecule has 2 aromatic rings. The highest BCUT2D eigenvalue weighted by Crippen LogP contribution is 2.38. The largest absolute Gasteiger partial charge is 0.478 e. The van der Waals surface area contributed by atoms with E-state index in [9.17, 15) is 9.18 Å². The van der Waals surface area contributed by atoms with Crippen LogP contribution in [0.4, 0.5) is 4.39 Å². The van der Waals surface area contributed by atoms with Crippen molar-refractivity contribution in [1.29, 1.82) is 0 Å². The lowest BCUT2D eigenvalue weighted by molar-refractivity contribution is 0.0696. The summed E-state index contributed by atoms with van der Waals surface area (Å²) in [6, 6.07) is 6.79. The van der Waals surface area contributed by atoms with Gasteiger partial charge in [0.25, 0.3) is 0 Å². The van der Waals surface area contributed by atoms with Crippen molar-refractivity contribution in [1.82, 2.24) is 0 Å². The van der Waals surface area contributed by atoms with Crippen molar-refractivity contribution in [2.45, 2.75) is 0 Å². The lowest BCUT2D eigenvalue weighted by Gasteiger charge is -2.10. The third-order valence-electron chi connectivity index (χ3n) is 2.52. The lowest BCUT2D eigenvalue weighted by atomic mass is 10.0. The Hall–Kier alpha value is -1.29. The first kappa shape index (κ1) is 14.1. The van der Waals surface area contributed by atoms with Crippen molar-refractivity contribution < 1.29 is 14.3 Å². The van der Waals surface area contributed by atoms with Gasteiger partial charge in [-0.3, -0.25) is 0 Å². The van der Waals surface area contributed by atoms with E-state index in [4.69, 9.17) is 39.9 Å². The van der Waals surface area contributed by atoms with E-state index in [2.05, 4.69) is 0 Å². The molecule has 0 radical (unpaired) electrons. The molecule has 98 valence electrons. The van der Waals surface area contributed by atoms with Gasteiger partial charge in [-0.05, 0) is 24.3 Å². The number of carbonyl (C=O) groups is 1. The minimum Gasteiger partial charge on any atom is -0.478 e. The molecule has 0 atom stereocenters. The first-order valence-electron chi connectivity index (χ1n) is 5.08. The predicted molar refractivity (Wildman–Crippen MR) is 73.8 cm³/mol. The smallest absolute Gasteiger partial charge is 0.337 e. The quantitative estimate of drug-likeness (QED) is 0.831. The van der Waals surface area contributed by atoms with E-state index >= 15 is 0 Å². The Morgan fingerprint density at radius 3 is 2.16 bits per heavy atom. The van der Waals surface area contributed by atoms with E-state index in [0.717, 1.165) is 6.07 Å². The lowest BCUT2D eigenvalue weighted by Crippen LogP contribution is -2.00. The van der Waals surface area contributed by atoms with E-state index < -0.39 is 11.8 Å². The maximum atomic E-state index is 14.0. The Balaban J connectivity index is 2.71. The summed E-state index contributed by atoms with van der Waals surface area (Å²) in [5, 5.41) is 9.28. The minimum atomic E-state index is -1.30. The van der Waals surface area contributed by atoms with Crippen LogP contribution in [0.15, 0.2) is 30.3 Å². The van der Waals surface area contributed by atoms with Crippen molar-refractivity contribution in [3.8, 4) is 11.1 Å². The summed E-state index contributed by atoms with van der Waals surface area (Å²) in [6.07, 6.45) is 0. The minimum absolute atomic E-state index is 0.0607. The average Bonchev–Trinajstić information content (AvgIpc) is 2.32. The van der Waals surface area contributed by atoms with E-state index in [0.29, 0.717) is 0 Å². The summed E-state index contributed by atoms with van der Waals surface area (Å²) in [7, 11) is 0. The summed E-state index contributed by atoms with van der Waals surface area (Å²) in [4.78, 5) is 10.9. The summed E-state index contributed by atoms with van der Waals surface area (Å²) in [6.45, 7) is 0. The number of halogens is 4. The molecule has 2 rings (SSSR count). The number of hydrogen-bond acceptors (Lipinski definition) is 1. The summed E-state index contributed by atoms with van der Waals surface area (Å²) < 4.78 is 14.0. The monoisotopic (exact) mass is 318 g/mol. The normalized spacial score (nSPS) is 10.5. The molecular weight excluding hydrogens is 313 g/mol. The second-order valence-corrected chi connectivity index (χ2v) is 4.94. The Kier molecular flexibility index (Phi) is 3.99. The number of rotatable bonds is 2. The van der Waals surface area contributed by atoms with E-state index in [1.807, 2.05) is 0 Å². The molecule has 0 unspecified atom stereocenters. The van der Waals surface area contributed by atoms with Crippen molar-refractivity contribution in [3.05, 3.63) is 56.8 Å². The molecule has 2 aromatic carbocycles. The molecule has 0 spiro atoms. The number of carboxylic acid groups (broad SMARTS) is 1.